The van der Waals surface area contributed by atoms with E-state index in [-0.39, 0.29) is 24.1 Å². The molecular weight excluding hydrogens is 286 g/mol. The Morgan fingerprint density at radius 1 is 1.45 bits per heavy atom. The van der Waals surface area contributed by atoms with Crippen molar-refractivity contribution in [2.75, 3.05) is 26.4 Å². The molecule has 0 amide bonds. The molecule has 6 nitrogen and oxygen atoms in total. The molecule has 0 aromatic heterocycles. The van der Waals surface area contributed by atoms with Crippen LogP contribution in [0.1, 0.15) is 12.8 Å². The van der Waals surface area contributed by atoms with Crippen molar-refractivity contribution in [2.24, 2.45) is 0 Å². The van der Waals surface area contributed by atoms with Crippen molar-refractivity contribution in [3.05, 3.63) is 33.3 Å². The summed E-state index contributed by atoms with van der Waals surface area (Å²) in [4.78, 5) is 10.3. The van der Waals surface area contributed by atoms with E-state index in [2.05, 4.69) is 0 Å². The second-order valence-corrected chi connectivity index (χ2v) is 4.86. The first kappa shape index (κ1) is 15.0. The Bertz CT molecular complexity index is 462. The molecule has 0 saturated carbocycles. The molecule has 1 aliphatic heterocycles. The second kappa shape index (κ2) is 7.42. The largest absolute Gasteiger partial charge is 0.484 e. The molecule has 110 valence electrons. The van der Waals surface area contributed by atoms with E-state index < -0.39 is 4.92 Å². The van der Waals surface area contributed by atoms with E-state index in [1.807, 2.05) is 0 Å². The number of hydrogen-bond donors (Lipinski definition) is 0. The molecule has 1 heterocycles. The van der Waals surface area contributed by atoms with Gasteiger partial charge in [-0.2, -0.15) is 0 Å². The Balaban J connectivity index is 1.75. The minimum absolute atomic E-state index is 0.103. The number of halogens is 1. The van der Waals surface area contributed by atoms with Crippen molar-refractivity contribution in [3.63, 3.8) is 0 Å². The molecule has 7 heteroatoms. The van der Waals surface area contributed by atoms with Crippen molar-refractivity contribution >= 4 is 17.3 Å². The fourth-order valence-corrected chi connectivity index (χ4v) is 2.12. The summed E-state index contributed by atoms with van der Waals surface area (Å²) in [5, 5.41) is 11.2. The van der Waals surface area contributed by atoms with Gasteiger partial charge in [-0.3, -0.25) is 10.1 Å². The van der Waals surface area contributed by atoms with Crippen LogP contribution in [-0.4, -0.2) is 37.5 Å². The summed E-state index contributed by atoms with van der Waals surface area (Å²) in [5.74, 6) is 0.156. The minimum atomic E-state index is -0.501. The van der Waals surface area contributed by atoms with Gasteiger partial charge >= 0.3 is 5.69 Å². The monoisotopic (exact) mass is 301 g/mol. The van der Waals surface area contributed by atoms with Crippen molar-refractivity contribution in [1.29, 1.82) is 0 Å². The molecule has 0 N–H and O–H groups in total. The predicted molar refractivity (Wildman–Crippen MR) is 73.4 cm³/mol. The second-order valence-electron chi connectivity index (χ2n) is 4.43. The number of nitro benzene ring substituents is 1. The van der Waals surface area contributed by atoms with Gasteiger partial charge in [0, 0.05) is 23.8 Å². The van der Waals surface area contributed by atoms with Gasteiger partial charge in [-0.05, 0) is 18.9 Å². The highest BCUT2D eigenvalue weighted by molar-refractivity contribution is 6.30. The lowest BCUT2D eigenvalue weighted by Crippen LogP contribution is -2.17. The Morgan fingerprint density at radius 3 is 3.00 bits per heavy atom. The third kappa shape index (κ3) is 4.33. The van der Waals surface area contributed by atoms with Crippen LogP contribution in [0.3, 0.4) is 0 Å². The molecule has 1 aromatic carbocycles. The summed E-state index contributed by atoms with van der Waals surface area (Å²) in [7, 11) is 0. The lowest BCUT2D eigenvalue weighted by atomic mass is 10.2. The number of rotatable bonds is 7. The number of benzene rings is 1. The predicted octanol–water partition coefficient (Wildman–Crippen LogP) is 2.82. The molecule has 1 aliphatic rings. The number of hydrogen-bond acceptors (Lipinski definition) is 5. The molecule has 1 atom stereocenters. The van der Waals surface area contributed by atoms with Gasteiger partial charge in [-0.25, -0.2) is 0 Å². The summed E-state index contributed by atoms with van der Waals surface area (Å²) in [5.41, 5.74) is -0.103. The first-order valence-electron chi connectivity index (χ1n) is 6.43. The van der Waals surface area contributed by atoms with Crippen LogP contribution in [0, 0.1) is 10.1 Å². The molecule has 2 rings (SSSR count). The van der Waals surface area contributed by atoms with Gasteiger partial charge in [0.05, 0.1) is 24.2 Å². The van der Waals surface area contributed by atoms with Crippen molar-refractivity contribution in [1.82, 2.24) is 0 Å². The normalized spacial score (nSPS) is 18.1. The lowest BCUT2D eigenvalue weighted by molar-refractivity contribution is -0.385. The Morgan fingerprint density at radius 2 is 2.30 bits per heavy atom. The Kier molecular flexibility index (Phi) is 5.58. The maximum atomic E-state index is 10.8. The zero-order chi connectivity index (χ0) is 14.4. The molecule has 1 aromatic rings. The minimum Gasteiger partial charge on any atom is -0.484 e. The van der Waals surface area contributed by atoms with Crippen LogP contribution in [0.5, 0.6) is 5.75 Å². The maximum Gasteiger partial charge on any atom is 0.311 e. The molecule has 20 heavy (non-hydrogen) atoms. The zero-order valence-electron chi connectivity index (χ0n) is 10.9. The number of ether oxygens (including phenoxy) is 3. The zero-order valence-corrected chi connectivity index (χ0v) is 11.7. The number of nitrogens with zero attached hydrogens (tertiary/aromatic N) is 1. The van der Waals surface area contributed by atoms with Crippen molar-refractivity contribution < 1.29 is 19.1 Å². The third-order valence-electron chi connectivity index (χ3n) is 2.93. The topological polar surface area (TPSA) is 70.8 Å². The molecule has 0 bridgehead atoms. The van der Waals surface area contributed by atoms with Crippen LogP contribution < -0.4 is 4.74 Å². The van der Waals surface area contributed by atoms with E-state index in [1.165, 1.54) is 18.2 Å². The number of nitro groups is 1. The summed E-state index contributed by atoms with van der Waals surface area (Å²) in [6.45, 7) is 1.90. The molecule has 1 fully saturated rings. The van der Waals surface area contributed by atoms with Gasteiger partial charge in [0.2, 0.25) is 0 Å². The van der Waals surface area contributed by atoms with Gasteiger partial charge in [0.25, 0.3) is 0 Å². The summed E-state index contributed by atoms with van der Waals surface area (Å²) >= 11 is 5.80. The van der Waals surface area contributed by atoms with E-state index in [1.54, 1.807) is 0 Å². The standard InChI is InChI=1S/C13H16ClNO5/c14-10-3-4-12(15(16)17)13(8-10)20-7-6-18-9-11-2-1-5-19-11/h3-4,8,11H,1-2,5-7,9H2/t11-/m1/s1. The fraction of sp³-hybridized carbons (Fsp3) is 0.538. The lowest BCUT2D eigenvalue weighted by Gasteiger charge is -2.11. The SMILES string of the molecule is O=[N+]([O-])c1ccc(Cl)cc1OCCOC[C@H]1CCCO1. The van der Waals surface area contributed by atoms with Crippen LogP contribution in [0.25, 0.3) is 0 Å². The quantitative estimate of drug-likeness (QED) is 0.440. The van der Waals surface area contributed by atoms with E-state index in [9.17, 15) is 10.1 Å². The van der Waals surface area contributed by atoms with Gasteiger partial charge in [0.1, 0.15) is 6.61 Å². The summed E-state index contributed by atoms with van der Waals surface area (Å²) in [6, 6.07) is 4.21. The van der Waals surface area contributed by atoms with Gasteiger partial charge < -0.3 is 14.2 Å². The Labute approximate surface area is 121 Å². The average Bonchev–Trinajstić information content (AvgIpc) is 2.91. The van der Waals surface area contributed by atoms with Crippen LogP contribution in [0.2, 0.25) is 5.02 Å². The van der Waals surface area contributed by atoms with E-state index in [0.29, 0.717) is 18.2 Å². The third-order valence-corrected chi connectivity index (χ3v) is 3.17. The molecule has 0 unspecified atom stereocenters. The van der Waals surface area contributed by atoms with Crippen LogP contribution >= 0.6 is 11.6 Å². The molecular formula is C13H16ClNO5. The van der Waals surface area contributed by atoms with E-state index in [4.69, 9.17) is 25.8 Å². The van der Waals surface area contributed by atoms with Crippen LogP contribution in [-0.2, 0) is 9.47 Å². The highest BCUT2D eigenvalue weighted by atomic mass is 35.5. The first-order chi connectivity index (χ1) is 9.66. The van der Waals surface area contributed by atoms with E-state index >= 15 is 0 Å². The molecule has 0 aliphatic carbocycles. The summed E-state index contributed by atoms with van der Waals surface area (Å²) < 4.78 is 16.2. The van der Waals surface area contributed by atoms with Crippen molar-refractivity contribution in [2.45, 2.75) is 18.9 Å². The molecule has 0 spiro atoms. The van der Waals surface area contributed by atoms with E-state index in [0.717, 1.165) is 19.4 Å². The van der Waals surface area contributed by atoms with Gasteiger partial charge in [-0.15, -0.1) is 0 Å². The summed E-state index contributed by atoms with van der Waals surface area (Å²) in [6.07, 6.45) is 2.25. The fourth-order valence-electron chi connectivity index (χ4n) is 1.96. The van der Waals surface area contributed by atoms with Crippen LogP contribution in [0.4, 0.5) is 5.69 Å². The highest BCUT2D eigenvalue weighted by Gasteiger charge is 2.16. The molecule has 0 radical (unpaired) electrons. The van der Waals surface area contributed by atoms with Crippen molar-refractivity contribution in [3.8, 4) is 5.75 Å². The van der Waals surface area contributed by atoms with Crippen LogP contribution in [0.15, 0.2) is 18.2 Å². The van der Waals surface area contributed by atoms with Gasteiger partial charge in [-0.1, -0.05) is 11.6 Å². The average molecular weight is 302 g/mol. The first-order valence-corrected chi connectivity index (χ1v) is 6.80. The highest BCUT2D eigenvalue weighted by Crippen LogP contribution is 2.29. The smallest absolute Gasteiger partial charge is 0.311 e. The molecule has 1 saturated heterocycles. The van der Waals surface area contributed by atoms with Gasteiger partial charge in [0.15, 0.2) is 5.75 Å². The maximum absolute atomic E-state index is 10.8. The Hall–Kier alpha value is -1.37.